The van der Waals surface area contributed by atoms with Crippen LogP contribution >= 0.6 is 23.4 Å². The molecular weight excluding hydrogens is 230 g/mol. The largest absolute Gasteiger partial charge is 0.395 e. The van der Waals surface area contributed by atoms with Gasteiger partial charge in [-0.15, -0.1) is 0 Å². The minimum absolute atomic E-state index is 0.692. The van der Waals surface area contributed by atoms with E-state index in [4.69, 9.17) is 17.3 Å². The zero-order valence-corrected chi connectivity index (χ0v) is 9.72. The lowest BCUT2D eigenvalue weighted by Crippen LogP contribution is -1.86. The van der Waals surface area contributed by atoms with Crippen molar-refractivity contribution in [3.05, 3.63) is 35.5 Å². The quantitative estimate of drug-likeness (QED) is 0.877. The first-order valence-corrected chi connectivity index (χ1v) is 5.57. The molecule has 2 N–H and O–H groups in total. The average Bonchev–Trinajstić information content (AvgIpc) is 2.49. The Balaban J connectivity index is 2.21. The van der Waals surface area contributed by atoms with E-state index in [0.717, 1.165) is 14.9 Å². The van der Waals surface area contributed by atoms with Crippen molar-refractivity contribution in [1.82, 2.24) is 9.78 Å². The summed E-state index contributed by atoms with van der Waals surface area (Å²) in [7, 11) is 1.85. The Bertz CT molecular complexity index is 464. The van der Waals surface area contributed by atoms with Gasteiger partial charge in [0.1, 0.15) is 5.03 Å². The second-order valence-corrected chi connectivity index (χ2v) is 4.62. The van der Waals surface area contributed by atoms with Gasteiger partial charge in [0, 0.05) is 23.2 Å². The maximum atomic E-state index is 5.80. The highest BCUT2D eigenvalue weighted by Gasteiger charge is 2.05. The summed E-state index contributed by atoms with van der Waals surface area (Å²) in [5, 5.41) is 5.80. The molecule has 0 radical (unpaired) electrons. The normalized spacial score (nSPS) is 10.5. The smallest absolute Gasteiger partial charge is 0.146 e. The van der Waals surface area contributed by atoms with Gasteiger partial charge in [0.25, 0.3) is 0 Å². The van der Waals surface area contributed by atoms with Crippen LogP contribution in [-0.4, -0.2) is 9.78 Å². The number of nitrogen functional groups attached to an aromatic ring is 1. The lowest BCUT2D eigenvalue weighted by Gasteiger charge is -1.98. The molecule has 3 nitrogen and oxygen atoms in total. The van der Waals surface area contributed by atoms with E-state index in [0.29, 0.717) is 5.69 Å². The van der Waals surface area contributed by atoms with Crippen LogP contribution in [0, 0.1) is 0 Å². The molecule has 2 aromatic rings. The van der Waals surface area contributed by atoms with Gasteiger partial charge in [-0.25, -0.2) is 0 Å². The van der Waals surface area contributed by atoms with Gasteiger partial charge < -0.3 is 5.73 Å². The predicted octanol–water partition coefficient (Wildman–Crippen LogP) is 2.81. The van der Waals surface area contributed by atoms with Crippen LogP contribution in [0.1, 0.15) is 0 Å². The third kappa shape index (κ3) is 2.46. The van der Waals surface area contributed by atoms with Gasteiger partial charge in [0.2, 0.25) is 0 Å². The van der Waals surface area contributed by atoms with Gasteiger partial charge in [-0.1, -0.05) is 23.4 Å². The third-order valence-corrected chi connectivity index (χ3v) is 3.12. The van der Waals surface area contributed by atoms with Crippen LogP contribution in [0.3, 0.4) is 0 Å². The molecule has 5 heteroatoms. The Morgan fingerprint density at radius 1 is 1.33 bits per heavy atom. The number of hydrogen-bond donors (Lipinski definition) is 1. The van der Waals surface area contributed by atoms with Crippen LogP contribution in [0.2, 0.25) is 5.02 Å². The first-order valence-electron chi connectivity index (χ1n) is 4.37. The first-order chi connectivity index (χ1) is 7.15. The van der Waals surface area contributed by atoms with E-state index in [-0.39, 0.29) is 0 Å². The maximum absolute atomic E-state index is 5.80. The van der Waals surface area contributed by atoms with E-state index in [2.05, 4.69) is 5.10 Å². The standard InChI is InChI=1S/C10H10ClN3S/c1-14-6-9(12)10(13-14)15-8-4-2-7(11)3-5-8/h2-6H,12H2,1H3. The van der Waals surface area contributed by atoms with Crippen molar-refractivity contribution in [2.24, 2.45) is 7.05 Å². The number of halogens is 1. The van der Waals surface area contributed by atoms with Crippen molar-refractivity contribution in [1.29, 1.82) is 0 Å². The summed E-state index contributed by atoms with van der Waals surface area (Å²) in [6.07, 6.45) is 1.79. The van der Waals surface area contributed by atoms with E-state index < -0.39 is 0 Å². The van der Waals surface area contributed by atoms with Crippen molar-refractivity contribution >= 4 is 29.1 Å². The Morgan fingerprint density at radius 2 is 2.00 bits per heavy atom. The highest BCUT2D eigenvalue weighted by atomic mass is 35.5. The number of anilines is 1. The van der Waals surface area contributed by atoms with E-state index in [1.807, 2.05) is 31.3 Å². The summed E-state index contributed by atoms with van der Waals surface area (Å²) in [6.45, 7) is 0. The Morgan fingerprint density at radius 3 is 2.53 bits per heavy atom. The van der Waals surface area contributed by atoms with Crippen LogP contribution in [0.25, 0.3) is 0 Å². The first kappa shape index (κ1) is 10.4. The number of nitrogens with two attached hydrogens (primary N) is 1. The van der Waals surface area contributed by atoms with Gasteiger partial charge >= 0.3 is 0 Å². The van der Waals surface area contributed by atoms with Crippen molar-refractivity contribution in [3.63, 3.8) is 0 Å². The third-order valence-electron chi connectivity index (χ3n) is 1.85. The fourth-order valence-corrected chi connectivity index (χ4v) is 2.14. The average molecular weight is 240 g/mol. The molecule has 0 aliphatic rings. The molecule has 0 saturated carbocycles. The van der Waals surface area contributed by atoms with Gasteiger partial charge in [0.15, 0.2) is 0 Å². The molecule has 0 atom stereocenters. The zero-order chi connectivity index (χ0) is 10.8. The number of hydrogen-bond acceptors (Lipinski definition) is 3. The van der Waals surface area contributed by atoms with Crippen molar-refractivity contribution in [2.75, 3.05) is 5.73 Å². The van der Waals surface area contributed by atoms with Crippen LogP contribution in [0.4, 0.5) is 5.69 Å². The number of aryl methyl sites for hydroxylation is 1. The molecule has 0 fully saturated rings. The molecule has 1 heterocycles. The van der Waals surface area contributed by atoms with Crippen LogP contribution in [0.5, 0.6) is 0 Å². The lowest BCUT2D eigenvalue weighted by molar-refractivity contribution is 0.738. The number of rotatable bonds is 2. The SMILES string of the molecule is Cn1cc(N)c(Sc2ccc(Cl)cc2)n1. The molecule has 2 rings (SSSR count). The Kier molecular flexibility index (Phi) is 2.88. The van der Waals surface area contributed by atoms with Gasteiger partial charge in [0.05, 0.1) is 5.69 Å². The summed E-state index contributed by atoms with van der Waals surface area (Å²) in [5.41, 5.74) is 6.48. The van der Waals surface area contributed by atoms with Crippen LogP contribution < -0.4 is 5.73 Å². The number of aromatic nitrogens is 2. The molecule has 0 saturated heterocycles. The molecular formula is C10H10ClN3S. The molecule has 15 heavy (non-hydrogen) atoms. The predicted molar refractivity (Wildman–Crippen MR) is 63.2 cm³/mol. The fourth-order valence-electron chi connectivity index (χ4n) is 1.18. The van der Waals surface area contributed by atoms with Gasteiger partial charge in [-0.05, 0) is 24.3 Å². The van der Waals surface area contributed by atoms with E-state index >= 15 is 0 Å². The molecule has 1 aromatic carbocycles. The lowest BCUT2D eigenvalue weighted by atomic mass is 10.4. The molecule has 1 aromatic heterocycles. The van der Waals surface area contributed by atoms with Crippen molar-refractivity contribution in [2.45, 2.75) is 9.92 Å². The second kappa shape index (κ2) is 4.16. The molecule has 0 spiro atoms. The number of nitrogens with zero attached hydrogens (tertiary/aromatic N) is 2. The molecule has 0 unspecified atom stereocenters. The highest BCUT2D eigenvalue weighted by Crippen LogP contribution is 2.30. The Hall–Kier alpha value is -1.13. The van der Waals surface area contributed by atoms with E-state index in [9.17, 15) is 0 Å². The Labute approximate surface area is 97.2 Å². The van der Waals surface area contributed by atoms with Crippen LogP contribution in [-0.2, 0) is 7.05 Å². The van der Waals surface area contributed by atoms with Crippen molar-refractivity contribution in [3.8, 4) is 0 Å². The van der Waals surface area contributed by atoms with Crippen LogP contribution in [0.15, 0.2) is 40.4 Å². The highest BCUT2D eigenvalue weighted by molar-refractivity contribution is 7.99. The van der Waals surface area contributed by atoms with E-state index in [1.165, 1.54) is 11.8 Å². The minimum atomic E-state index is 0.692. The summed E-state index contributed by atoms with van der Waals surface area (Å²) in [6, 6.07) is 7.59. The van der Waals surface area contributed by atoms with Gasteiger partial charge in [-0.2, -0.15) is 5.10 Å². The minimum Gasteiger partial charge on any atom is -0.395 e. The summed E-state index contributed by atoms with van der Waals surface area (Å²) < 4.78 is 1.70. The molecule has 0 aliphatic carbocycles. The summed E-state index contributed by atoms with van der Waals surface area (Å²) >= 11 is 7.32. The second-order valence-electron chi connectivity index (χ2n) is 3.12. The molecule has 0 amide bonds. The molecule has 78 valence electrons. The fraction of sp³-hybridized carbons (Fsp3) is 0.100. The molecule has 0 aliphatic heterocycles. The van der Waals surface area contributed by atoms with Crippen molar-refractivity contribution < 1.29 is 0 Å². The topological polar surface area (TPSA) is 43.8 Å². The summed E-state index contributed by atoms with van der Waals surface area (Å²) in [4.78, 5) is 1.07. The monoisotopic (exact) mass is 239 g/mol. The van der Waals surface area contributed by atoms with Gasteiger partial charge in [-0.3, -0.25) is 4.68 Å². The maximum Gasteiger partial charge on any atom is 0.146 e. The molecule has 0 bridgehead atoms. The summed E-state index contributed by atoms with van der Waals surface area (Å²) in [5.74, 6) is 0. The zero-order valence-electron chi connectivity index (χ0n) is 8.14. The van der Waals surface area contributed by atoms with E-state index in [1.54, 1.807) is 10.9 Å². The number of benzene rings is 1.